The van der Waals surface area contributed by atoms with Gasteiger partial charge in [-0.2, -0.15) is 0 Å². The van der Waals surface area contributed by atoms with Crippen molar-refractivity contribution in [1.82, 2.24) is 14.5 Å². The molecule has 0 N–H and O–H groups in total. The van der Waals surface area contributed by atoms with E-state index in [1.807, 2.05) is 11.4 Å². The molecular weight excluding hydrogens is 306 g/mol. The average Bonchev–Trinajstić information content (AvgIpc) is 2.95. The summed E-state index contributed by atoms with van der Waals surface area (Å²) >= 11 is 2.62. The number of carbonyl (C=O) groups is 1. The highest BCUT2D eigenvalue weighted by atomic mass is 32.2. The van der Waals surface area contributed by atoms with E-state index in [2.05, 4.69) is 9.97 Å². The first kappa shape index (κ1) is 14.0. The van der Waals surface area contributed by atoms with Gasteiger partial charge in [0.15, 0.2) is 5.16 Å². The van der Waals surface area contributed by atoms with Crippen LogP contribution in [-0.2, 0) is 4.79 Å². The molecule has 106 valence electrons. The lowest BCUT2D eigenvalue weighted by Gasteiger charge is -2.10. The Kier molecular flexibility index (Phi) is 3.85. The van der Waals surface area contributed by atoms with Gasteiger partial charge in [0.2, 0.25) is 0 Å². The van der Waals surface area contributed by atoms with Gasteiger partial charge >= 0.3 is 0 Å². The highest BCUT2D eigenvalue weighted by Crippen LogP contribution is 2.23. The summed E-state index contributed by atoms with van der Waals surface area (Å²) in [6.45, 7) is 1.52. The topological polar surface area (TPSA) is 64.8 Å². The number of aromatic nitrogens is 3. The van der Waals surface area contributed by atoms with Crippen molar-refractivity contribution in [3.05, 3.63) is 46.3 Å². The van der Waals surface area contributed by atoms with Crippen molar-refractivity contribution in [2.45, 2.75) is 12.1 Å². The summed E-state index contributed by atoms with van der Waals surface area (Å²) in [4.78, 5) is 32.4. The molecule has 0 radical (unpaired) electrons. The molecule has 21 heavy (non-hydrogen) atoms. The average molecular weight is 317 g/mol. The van der Waals surface area contributed by atoms with Gasteiger partial charge in [-0.1, -0.05) is 11.8 Å². The largest absolute Gasteiger partial charge is 0.299 e. The Morgan fingerprint density at radius 2 is 2.29 bits per heavy atom. The summed E-state index contributed by atoms with van der Waals surface area (Å²) in [6, 6.07) is 5.37. The molecule has 7 heteroatoms. The van der Waals surface area contributed by atoms with E-state index < -0.39 is 0 Å². The fourth-order valence-corrected chi connectivity index (χ4v) is 3.44. The molecule has 0 saturated heterocycles. The Morgan fingerprint density at radius 1 is 1.43 bits per heavy atom. The number of hydrogen-bond donors (Lipinski definition) is 0. The van der Waals surface area contributed by atoms with Crippen molar-refractivity contribution in [3.8, 4) is 5.69 Å². The fraction of sp³-hybridized carbons (Fsp3) is 0.143. The molecule has 3 rings (SSSR count). The van der Waals surface area contributed by atoms with Crippen molar-refractivity contribution in [1.29, 1.82) is 0 Å². The second-order valence-corrected chi connectivity index (χ2v) is 6.23. The van der Waals surface area contributed by atoms with Crippen LogP contribution in [0.1, 0.15) is 6.92 Å². The highest BCUT2D eigenvalue weighted by molar-refractivity contribution is 7.99. The molecule has 5 nitrogen and oxygen atoms in total. The molecule has 0 saturated carbocycles. The quantitative estimate of drug-likeness (QED) is 0.546. The number of carbonyl (C=O) groups excluding carboxylic acids is 1. The molecule has 0 atom stereocenters. The Morgan fingerprint density at radius 3 is 3.00 bits per heavy atom. The zero-order valence-electron chi connectivity index (χ0n) is 11.1. The van der Waals surface area contributed by atoms with E-state index in [9.17, 15) is 9.59 Å². The number of pyridine rings is 1. The maximum absolute atomic E-state index is 12.7. The van der Waals surface area contributed by atoms with E-state index in [-0.39, 0.29) is 17.1 Å². The Balaban J connectivity index is 2.23. The molecule has 0 fully saturated rings. The van der Waals surface area contributed by atoms with Crippen LogP contribution < -0.4 is 5.56 Å². The smallest absolute Gasteiger partial charge is 0.276 e. The first-order chi connectivity index (χ1) is 10.2. The number of fused-ring (bicyclic) bond motifs is 1. The molecule has 0 aliphatic rings. The molecule has 3 heterocycles. The molecule has 3 aromatic rings. The summed E-state index contributed by atoms with van der Waals surface area (Å²) in [5.74, 6) is 0.319. The minimum Gasteiger partial charge on any atom is -0.299 e. The van der Waals surface area contributed by atoms with Gasteiger partial charge in [0.1, 0.15) is 10.5 Å². The predicted molar refractivity (Wildman–Crippen MR) is 84.4 cm³/mol. The van der Waals surface area contributed by atoms with E-state index in [0.717, 1.165) is 0 Å². The van der Waals surface area contributed by atoms with Crippen LogP contribution in [0.5, 0.6) is 0 Å². The molecule has 0 aliphatic heterocycles. The van der Waals surface area contributed by atoms with Gasteiger partial charge in [-0.05, 0) is 30.5 Å². The second-order valence-electron chi connectivity index (χ2n) is 4.37. The molecule has 0 aliphatic carbocycles. The van der Waals surface area contributed by atoms with Gasteiger partial charge in [-0.3, -0.25) is 19.1 Å². The molecule has 0 unspecified atom stereocenters. The number of thiophene rings is 1. The standard InChI is InChI=1S/C14H11N3O2S2/c1-9(18)8-21-14-16-11-4-6-20-12(11)13(19)17(14)10-3-2-5-15-7-10/h2-7H,8H2,1H3. The number of Topliss-reactive ketones (excluding diaryl/α,β-unsaturated/α-hetero) is 1. The summed E-state index contributed by atoms with van der Waals surface area (Å²) in [7, 11) is 0. The normalized spacial score (nSPS) is 10.9. The maximum atomic E-state index is 12.7. The van der Waals surface area contributed by atoms with Crippen LogP contribution in [0, 0.1) is 0 Å². The Hall–Kier alpha value is -1.99. The SMILES string of the molecule is CC(=O)CSc1nc2ccsc2c(=O)n1-c1cccnc1. The van der Waals surface area contributed by atoms with Crippen molar-refractivity contribution in [2.24, 2.45) is 0 Å². The van der Waals surface area contributed by atoms with Gasteiger partial charge in [0, 0.05) is 6.20 Å². The van der Waals surface area contributed by atoms with Crippen LogP contribution in [0.3, 0.4) is 0 Å². The maximum Gasteiger partial charge on any atom is 0.276 e. The van der Waals surface area contributed by atoms with E-state index in [4.69, 9.17) is 0 Å². The van der Waals surface area contributed by atoms with Crippen LogP contribution >= 0.6 is 23.1 Å². The molecule has 0 spiro atoms. The van der Waals surface area contributed by atoms with E-state index in [1.54, 1.807) is 24.5 Å². The second kappa shape index (κ2) is 5.79. The molecule has 3 aromatic heterocycles. The lowest BCUT2D eigenvalue weighted by atomic mass is 10.4. The zero-order chi connectivity index (χ0) is 14.8. The van der Waals surface area contributed by atoms with Crippen molar-refractivity contribution < 1.29 is 4.79 Å². The Bertz CT molecular complexity index is 856. The summed E-state index contributed by atoms with van der Waals surface area (Å²) in [5, 5.41) is 2.35. The van der Waals surface area contributed by atoms with Crippen LogP contribution in [-0.4, -0.2) is 26.1 Å². The van der Waals surface area contributed by atoms with Crippen molar-refractivity contribution in [2.75, 3.05) is 5.75 Å². The van der Waals surface area contributed by atoms with Crippen molar-refractivity contribution in [3.63, 3.8) is 0 Å². The lowest BCUT2D eigenvalue weighted by Crippen LogP contribution is -2.21. The van der Waals surface area contributed by atoms with Gasteiger partial charge < -0.3 is 0 Å². The predicted octanol–water partition coefficient (Wildman–Crippen LogP) is 2.52. The third-order valence-electron chi connectivity index (χ3n) is 2.76. The first-order valence-corrected chi connectivity index (χ1v) is 8.06. The number of nitrogens with zero attached hydrogens (tertiary/aromatic N) is 3. The number of hydrogen-bond acceptors (Lipinski definition) is 6. The van der Waals surface area contributed by atoms with Gasteiger partial charge in [-0.25, -0.2) is 4.98 Å². The van der Waals surface area contributed by atoms with Crippen molar-refractivity contribution >= 4 is 39.1 Å². The minimum absolute atomic E-state index is 0.0393. The van der Waals surface area contributed by atoms with E-state index >= 15 is 0 Å². The number of thioether (sulfide) groups is 1. The number of rotatable bonds is 4. The third kappa shape index (κ3) is 2.74. The molecular formula is C14H11N3O2S2. The Labute approximate surface area is 128 Å². The zero-order valence-corrected chi connectivity index (χ0v) is 12.8. The van der Waals surface area contributed by atoms with Crippen LogP contribution in [0.4, 0.5) is 0 Å². The summed E-state index contributed by atoms with van der Waals surface area (Å²) < 4.78 is 2.12. The van der Waals surface area contributed by atoms with Crippen LogP contribution in [0.2, 0.25) is 0 Å². The van der Waals surface area contributed by atoms with E-state index in [0.29, 0.717) is 21.1 Å². The first-order valence-electron chi connectivity index (χ1n) is 6.19. The van der Waals surface area contributed by atoms with Gasteiger partial charge in [-0.15, -0.1) is 11.3 Å². The fourth-order valence-electron chi connectivity index (χ4n) is 1.87. The molecule has 0 aromatic carbocycles. The van der Waals surface area contributed by atoms with Crippen LogP contribution in [0.15, 0.2) is 45.9 Å². The summed E-state index contributed by atoms with van der Waals surface area (Å²) in [6.07, 6.45) is 3.26. The molecule has 0 amide bonds. The highest BCUT2D eigenvalue weighted by Gasteiger charge is 2.14. The monoisotopic (exact) mass is 317 g/mol. The van der Waals surface area contributed by atoms with E-state index in [1.165, 1.54) is 34.6 Å². The number of ketones is 1. The summed E-state index contributed by atoms with van der Waals surface area (Å²) in [5.41, 5.74) is 1.18. The third-order valence-corrected chi connectivity index (χ3v) is 4.73. The van der Waals surface area contributed by atoms with Gasteiger partial charge in [0.25, 0.3) is 5.56 Å². The molecule has 0 bridgehead atoms. The van der Waals surface area contributed by atoms with Crippen LogP contribution in [0.25, 0.3) is 15.9 Å². The minimum atomic E-state index is -0.131. The lowest BCUT2D eigenvalue weighted by molar-refractivity contribution is -0.114. The van der Waals surface area contributed by atoms with Gasteiger partial charge in [0.05, 0.1) is 23.2 Å².